The molecule has 592 valence electrons. The predicted molar refractivity (Wildman–Crippen MR) is 418 cm³/mol. The van der Waals surface area contributed by atoms with Crippen LogP contribution in [0.5, 0.6) is 5.75 Å². The van der Waals surface area contributed by atoms with Gasteiger partial charge in [-0.05, 0) is 141 Å². The van der Waals surface area contributed by atoms with Crippen LogP contribution in [-0.2, 0) is 78.4 Å². The Labute approximate surface area is 644 Å². The number of primary amides is 1. The van der Waals surface area contributed by atoms with Gasteiger partial charge in [-0.3, -0.25) is 63.1 Å². The van der Waals surface area contributed by atoms with Gasteiger partial charge in [0.25, 0.3) is 0 Å². The van der Waals surface area contributed by atoms with E-state index in [9.17, 15) is 43.8 Å². The molecule has 6 aromatic rings. The first-order valence-electron chi connectivity index (χ1n) is 37.2. The molecule has 1 aliphatic heterocycles. The molecule has 11 amide bonds. The Balaban J connectivity index is 1.17. The first-order chi connectivity index (χ1) is 52.6. The number of carbonyl (C=O) groups is 11. The second-order valence-electron chi connectivity index (χ2n) is 27.7. The Kier molecular flexibility index (Phi) is 33.6. The van der Waals surface area contributed by atoms with Gasteiger partial charge in [0.1, 0.15) is 66.2 Å². The SMILES string of the molecule is CCN=C(NCC)NCCCC[C@@H](NC(=O)[C@H](Cc1ccc(O)cc1)NC(=O)[C@H](CO)NC(=O)[C@@H](Cc1c[nH]c2ccccc12)NC(=O)[C@@H](Cc1ccc(Cl)cc1)NC(=O)[C@H](Cc1cccc2ccccc12)NC(C)=O)C(=O)N[C@@H](CC(C)C)C(=O)N[C@@H](CCCNC(=N)N)C(=O)N1CCC[C@H]1C(=O)N[C@H](C)C(N)=O. The molecule has 1 aliphatic rings. The molecule has 0 spiro atoms. The highest BCUT2D eigenvalue weighted by molar-refractivity contribution is 6.30. The average Bonchev–Trinajstić information content (AvgIpc) is 1.48. The number of nitrogens with two attached hydrogens (primary N) is 2. The van der Waals surface area contributed by atoms with Crippen LogP contribution in [0.1, 0.15) is 115 Å². The van der Waals surface area contributed by atoms with Crippen LogP contribution in [0.2, 0.25) is 5.02 Å². The van der Waals surface area contributed by atoms with Crippen LogP contribution >= 0.6 is 11.6 Å². The van der Waals surface area contributed by atoms with Crippen LogP contribution in [0.4, 0.5) is 0 Å². The van der Waals surface area contributed by atoms with Crippen molar-refractivity contribution in [2.24, 2.45) is 22.4 Å². The number of aromatic amines is 1. The second kappa shape index (κ2) is 43.0. The van der Waals surface area contributed by atoms with Gasteiger partial charge >= 0.3 is 0 Å². The van der Waals surface area contributed by atoms with Crippen LogP contribution in [-0.4, -0.2) is 197 Å². The first kappa shape index (κ1) is 85.9. The van der Waals surface area contributed by atoms with Gasteiger partial charge < -0.3 is 95.4 Å². The molecule has 0 unspecified atom stereocenters. The van der Waals surface area contributed by atoms with Gasteiger partial charge in [0, 0.05) is 87.5 Å². The number of rotatable bonds is 41. The molecule has 31 nitrogen and oxygen atoms in total. The number of benzene rings is 5. The van der Waals surface area contributed by atoms with E-state index in [4.69, 9.17) is 28.5 Å². The maximum absolute atomic E-state index is 15.2. The number of para-hydroxylation sites is 1. The number of guanidine groups is 2. The summed E-state index contributed by atoms with van der Waals surface area (Å²) in [4.78, 5) is 167. The fourth-order valence-corrected chi connectivity index (χ4v) is 13.1. The van der Waals surface area contributed by atoms with Gasteiger partial charge in [-0.25, -0.2) is 0 Å². The van der Waals surface area contributed by atoms with Crippen LogP contribution in [0, 0.1) is 11.3 Å². The van der Waals surface area contributed by atoms with Crippen molar-refractivity contribution in [1.29, 1.82) is 5.41 Å². The van der Waals surface area contributed by atoms with Gasteiger partial charge in [-0.1, -0.05) is 110 Å². The van der Waals surface area contributed by atoms with Crippen LogP contribution in [0.15, 0.2) is 126 Å². The van der Waals surface area contributed by atoms with Gasteiger partial charge in [0.2, 0.25) is 65.0 Å². The normalized spacial score (nSPS) is 15.2. The Morgan fingerprint density at radius 2 is 1.09 bits per heavy atom. The number of aromatic nitrogens is 1. The third kappa shape index (κ3) is 26.5. The summed E-state index contributed by atoms with van der Waals surface area (Å²) in [5.41, 5.74) is 13.9. The lowest BCUT2D eigenvalue weighted by Crippen LogP contribution is -2.61. The number of amides is 11. The molecular weight excluding hydrogens is 1430 g/mol. The smallest absolute Gasteiger partial charge is 0.245 e. The molecule has 0 bridgehead atoms. The molecule has 5 aromatic carbocycles. The standard InChI is InChI=1S/C78H105ClN18O13/c1-7-83-78(84-8-2)86-35-14-13-24-58(68(102)92-60(38-45(3)4)69(103)91-59(25-16-36-85-77(81)82)76(110)97-37-17-26-66(97)75(109)88-46(5)67(80)101)90-70(104)61(40-49-29-33-54(100)34-30-49)94-74(108)65(44-98)96-73(107)64(42-52-43-87-57-23-12-11-22-56(52)57)95-71(105)62(39-48-27-31-53(79)32-28-48)93-72(106)63(89-47(6)99)41-51-20-15-19-50-18-9-10-21-55(50)51/h9-12,15,18-23,27-34,43,45-46,58-66,87,98,100H,7-8,13-14,16-17,24-26,35-42,44H2,1-6H3,(H2,80,101)(H,88,109)(H,89,99)(H,90,104)(H,91,103)(H,92,102)(H,93,106)(H,94,108)(H,95,105)(H,96,107)(H4,81,82,85)(H2,83,84,86)/t46-,58-,59+,60+,61+,62-,63+,64-,65+,66+/m1/s1. The number of hydrogen-bond donors (Lipinski definition) is 18. The van der Waals surface area contributed by atoms with E-state index in [0.29, 0.717) is 71.1 Å². The Bertz CT molecular complexity index is 4190. The Morgan fingerprint density at radius 1 is 0.573 bits per heavy atom. The van der Waals surface area contributed by atoms with Crippen molar-refractivity contribution >= 4 is 110 Å². The highest BCUT2D eigenvalue weighted by atomic mass is 35.5. The van der Waals surface area contributed by atoms with Crippen molar-refractivity contribution in [3.63, 3.8) is 0 Å². The molecule has 110 heavy (non-hydrogen) atoms. The fourth-order valence-electron chi connectivity index (χ4n) is 12.9. The summed E-state index contributed by atoms with van der Waals surface area (Å²) in [6, 6.07) is 18.9. The van der Waals surface area contributed by atoms with Crippen LogP contribution in [0.3, 0.4) is 0 Å². The Morgan fingerprint density at radius 3 is 1.70 bits per heavy atom. The lowest BCUT2D eigenvalue weighted by Gasteiger charge is -2.31. The second-order valence-corrected chi connectivity index (χ2v) is 28.1. The summed E-state index contributed by atoms with van der Waals surface area (Å²) < 4.78 is 0. The Hall–Kier alpha value is -11.3. The first-order valence-corrected chi connectivity index (χ1v) is 37.6. The quantitative estimate of drug-likeness (QED) is 0.0148. The molecule has 0 saturated carbocycles. The third-order valence-electron chi connectivity index (χ3n) is 18.6. The van der Waals surface area contributed by atoms with Crippen molar-refractivity contribution < 1.29 is 63.0 Å². The van der Waals surface area contributed by atoms with Crippen molar-refractivity contribution in [3.05, 3.63) is 149 Å². The summed E-state index contributed by atoms with van der Waals surface area (Å²) in [5, 5.41) is 65.6. The molecule has 1 fully saturated rings. The molecule has 1 aromatic heterocycles. The van der Waals surface area contributed by atoms with E-state index in [1.54, 1.807) is 62.5 Å². The number of fused-ring (bicyclic) bond motifs is 2. The predicted octanol–water partition coefficient (Wildman–Crippen LogP) is 1.88. The molecule has 10 atom stereocenters. The zero-order chi connectivity index (χ0) is 80.0. The van der Waals surface area contributed by atoms with Crippen LogP contribution < -0.4 is 75.3 Å². The molecule has 32 heteroatoms. The lowest BCUT2D eigenvalue weighted by atomic mass is 9.97. The summed E-state index contributed by atoms with van der Waals surface area (Å²) >= 11 is 6.29. The fraction of sp³-hybridized carbons (Fsp3) is 0.449. The van der Waals surface area contributed by atoms with Gasteiger partial charge in [-0.2, -0.15) is 0 Å². The zero-order valence-electron chi connectivity index (χ0n) is 62.9. The molecule has 2 heterocycles. The van der Waals surface area contributed by atoms with E-state index in [2.05, 4.69) is 73.8 Å². The molecule has 0 aliphatic carbocycles. The maximum atomic E-state index is 15.2. The van der Waals surface area contributed by atoms with E-state index in [0.717, 1.165) is 16.3 Å². The van der Waals surface area contributed by atoms with E-state index >= 15 is 19.2 Å². The highest BCUT2D eigenvalue weighted by Crippen LogP contribution is 2.24. The van der Waals surface area contributed by atoms with Gasteiger partial charge in [0.05, 0.1) is 6.61 Å². The topological polar surface area (TPSA) is 480 Å². The summed E-state index contributed by atoms with van der Waals surface area (Å²) in [7, 11) is 0. The number of aliphatic hydroxyl groups excluding tert-OH is 1. The molecule has 1 saturated heterocycles. The summed E-state index contributed by atoms with van der Waals surface area (Å²) in [6.45, 7) is 10.7. The van der Waals surface area contributed by atoms with Crippen molar-refractivity contribution in [2.45, 2.75) is 179 Å². The maximum Gasteiger partial charge on any atom is 0.245 e. The minimum atomic E-state index is -1.83. The van der Waals surface area contributed by atoms with Crippen molar-refractivity contribution in [1.82, 2.24) is 73.7 Å². The molecule has 0 radical (unpaired) electrons. The molecular formula is C78H105ClN18O13. The number of nitrogens with one attached hydrogen (secondary N) is 14. The number of hydrogen-bond acceptors (Lipinski definition) is 15. The van der Waals surface area contributed by atoms with Crippen molar-refractivity contribution in [3.8, 4) is 5.75 Å². The average molecular weight is 1540 g/mol. The number of nitrogens with zero attached hydrogens (tertiary/aromatic N) is 2. The number of phenolic OH excluding ortho intramolecular Hbond substituents is 1. The number of likely N-dealkylation sites (tertiary alicyclic amines) is 1. The van der Waals surface area contributed by atoms with Crippen molar-refractivity contribution in [2.75, 3.05) is 39.3 Å². The molecule has 7 rings (SSSR count). The van der Waals surface area contributed by atoms with E-state index < -0.39 is 132 Å². The number of aliphatic hydroxyl groups is 1. The van der Waals surface area contributed by atoms with E-state index in [-0.39, 0.29) is 94.9 Å². The highest BCUT2D eigenvalue weighted by Gasteiger charge is 2.40. The van der Waals surface area contributed by atoms with E-state index in [1.807, 2.05) is 62.4 Å². The number of unbranched alkanes of at least 4 members (excludes halogenated alkanes) is 1. The van der Waals surface area contributed by atoms with Crippen LogP contribution in [0.25, 0.3) is 21.7 Å². The monoisotopic (exact) mass is 1540 g/mol. The summed E-state index contributed by atoms with van der Waals surface area (Å²) in [6.07, 6.45) is 2.58. The largest absolute Gasteiger partial charge is 0.508 e. The van der Waals surface area contributed by atoms with Gasteiger partial charge in [0.15, 0.2) is 11.9 Å². The summed E-state index contributed by atoms with van der Waals surface area (Å²) in [5.74, 6) is -8.89. The molecule has 20 N–H and O–H groups in total. The minimum absolute atomic E-state index is 0.0108. The zero-order valence-corrected chi connectivity index (χ0v) is 63.7. The minimum Gasteiger partial charge on any atom is -0.508 e. The number of carbonyl (C=O) groups excluding carboxylic acids is 11. The van der Waals surface area contributed by atoms with E-state index in [1.165, 1.54) is 43.0 Å². The number of phenols is 1. The van der Waals surface area contributed by atoms with Gasteiger partial charge in [-0.15, -0.1) is 0 Å². The number of H-pyrrole nitrogens is 1. The number of halogens is 1. The third-order valence-corrected chi connectivity index (χ3v) is 18.9. The number of aliphatic imine (C=N–C) groups is 1. The number of aromatic hydroxyl groups is 1. The lowest BCUT2D eigenvalue weighted by molar-refractivity contribution is -0.142.